The van der Waals surface area contributed by atoms with Crippen LogP contribution < -0.4 is 10.6 Å². The molecule has 2 atom stereocenters. The Morgan fingerprint density at radius 2 is 1.56 bits per heavy atom. The van der Waals surface area contributed by atoms with Crippen LogP contribution in [-0.2, 0) is 51.2 Å². The Morgan fingerprint density at radius 1 is 1.00 bits per heavy atom. The van der Waals surface area contributed by atoms with E-state index in [-0.39, 0.29) is 30.0 Å². The third-order valence-corrected chi connectivity index (χ3v) is 7.05. The van der Waals surface area contributed by atoms with Crippen molar-refractivity contribution >= 4 is 29.5 Å². The minimum absolute atomic E-state index is 0.0402. The SMILES string of the molecule is CC(C)(C)CCOCCOCCOCCOCCOCCn1cc(CNC(=O)CC2SCC(C(=O)O)NC2=O)nn1. The van der Waals surface area contributed by atoms with E-state index in [2.05, 4.69) is 41.7 Å². The molecule has 1 aromatic rings. The van der Waals surface area contributed by atoms with Crippen LogP contribution in [0.4, 0.5) is 0 Å². The number of ether oxygens (including phenoxy) is 5. The van der Waals surface area contributed by atoms with Crippen LogP contribution in [0.2, 0.25) is 0 Å². The van der Waals surface area contributed by atoms with E-state index in [1.807, 2.05) is 0 Å². The fourth-order valence-corrected chi connectivity index (χ4v) is 4.50. The van der Waals surface area contributed by atoms with Crippen molar-refractivity contribution in [1.29, 1.82) is 0 Å². The largest absolute Gasteiger partial charge is 0.480 e. The molecular weight excluding hydrogens is 558 g/mol. The lowest BCUT2D eigenvalue weighted by Gasteiger charge is -2.25. The highest BCUT2D eigenvalue weighted by Gasteiger charge is 2.33. The second-order valence-electron chi connectivity index (χ2n) is 10.5. The Hall–Kier alpha value is -2.30. The molecule has 1 fully saturated rings. The van der Waals surface area contributed by atoms with Crippen LogP contribution in [0.5, 0.6) is 0 Å². The van der Waals surface area contributed by atoms with Crippen LogP contribution in [0.25, 0.3) is 0 Å². The molecule has 0 saturated carbocycles. The number of aromatic nitrogens is 3. The maximum atomic E-state index is 12.2. The number of amides is 2. The monoisotopic (exact) mass is 603 g/mol. The van der Waals surface area contributed by atoms with Crippen molar-refractivity contribution in [3.05, 3.63) is 11.9 Å². The Bertz CT molecular complexity index is 912. The van der Waals surface area contributed by atoms with Gasteiger partial charge in [0.05, 0.1) is 84.0 Å². The number of carboxylic acid groups (broad SMARTS) is 1. The van der Waals surface area contributed by atoms with Crippen LogP contribution in [0, 0.1) is 5.41 Å². The number of carboxylic acids is 1. The minimum Gasteiger partial charge on any atom is -0.480 e. The highest BCUT2D eigenvalue weighted by molar-refractivity contribution is 8.00. The van der Waals surface area contributed by atoms with Gasteiger partial charge in [0.1, 0.15) is 11.7 Å². The number of nitrogens with one attached hydrogen (secondary N) is 2. The second kappa shape index (κ2) is 19.8. The quantitative estimate of drug-likeness (QED) is 0.157. The molecule has 1 aromatic heterocycles. The third kappa shape index (κ3) is 16.7. The molecule has 2 heterocycles. The molecule has 15 heteroatoms. The number of hydrogen-bond donors (Lipinski definition) is 3. The first-order valence-corrected chi connectivity index (χ1v) is 14.9. The first kappa shape index (κ1) is 34.9. The van der Waals surface area contributed by atoms with Gasteiger partial charge >= 0.3 is 5.97 Å². The van der Waals surface area contributed by atoms with Gasteiger partial charge in [0.25, 0.3) is 0 Å². The first-order chi connectivity index (χ1) is 19.6. The lowest BCUT2D eigenvalue weighted by Crippen LogP contribution is -2.51. The summed E-state index contributed by atoms with van der Waals surface area (Å²) in [7, 11) is 0. The average Bonchev–Trinajstić information content (AvgIpc) is 3.37. The highest BCUT2D eigenvalue weighted by atomic mass is 32.2. The van der Waals surface area contributed by atoms with Gasteiger partial charge in [0, 0.05) is 18.8 Å². The molecule has 0 spiro atoms. The van der Waals surface area contributed by atoms with Crippen molar-refractivity contribution in [1.82, 2.24) is 25.6 Å². The zero-order valence-corrected chi connectivity index (χ0v) is 25.1. The van der Waals surface area contributed by atoms with E-state index in [9.17, 15) is 14.4 Å². The van der Waals surface area contributed by atoms with Crippen molar-refractivity contribution < 1.29 is 43.2 Å². The number of carbonyl (C=O) groups is 3. The van der Waals surface area contributed by atoms with Crippen LogP contribution in [0.15, 0.2) is 6.20 Å². The van der Waals surface area contributed by atoms with Crippen LogP contribution in [0.1, 0.15) is 39.3 Å². The zero-order valence-electron chi connectivity index (χ0n) is 24.3. The Balaban J connectivity index is 1.38. The molecule has 41 heavy (non-hydrogen) atoms. The van der Waals surface area contributed by atoms with E-state index in [1.165, 1.54) is 0 Å². The maximum Gasteiger partial charge on any atom is 0.327 e. The summed E-state index contributed by atoms with van der Waals surface area (Å²) in [5.41, 5.74) is 0.858. The molecule has 2 unspecified atom stereocenters. The van der Waals surface area contributed by atoms with Gasteiger partial charge < -0.3 is 39.4 Å². The summed E-state index contributed by atoms with van der Waals surface area (Å²) in [4.78, 5) is 35.2. The van der Waals surface area contributed by atoms with E-state index < -0.39 is 23.2 Å². The molecule has 1 aliphatic rings. The number of thioether (sulfide) groups is 1. The molecule has 0 radical (unpaired) electrons. The van der Waals surface area contributed by atoms with Crippen LogP contribution in [-0.4, -0.2) is 121 Å². The normalized spacial score (nSPS) is 17.4. The summed E-state index contributed by atoms with van der Waals surface area (Å²) in [6, 6.07) is -0.923. The van der Waals surface area contributed by atoms with Crippen LogP contribution in [0.3, 0.4) is 0 Å². The smallest absolute Gasteiger partial charge is 0.327 e. The predicted octanol–water partition coefficient (Wildman–Crippen LogP) is 0.488. The minimum atomic E-state index is -1.08. The maximum absolute atomic E-state index is 12.2. The van der Waals surface area contributed by atoms with E-state index >= 15 is 0 Å². The van der Waals surface area contributed by atoms with E-state index in [4.69, 9.17) is 28.8 Å². The van der Waals surface area contributed by atoms with Crippen molar-refractivity contribution in [2.45, 2.75) is 58.0 Å². The Kier molecular flexibility index (Phi) is 16.8. The molecular formula is C26H45N5O9S. The fourth-order valence-electron chi connectivity index (χ4n) is 3.36. The van der Waals surface area contributed by atoms with E-state index in [1.54, 1.807) is 10.9 Å². The van der Waals surface area contributed by atoms with Gasteiger partial charge in [-0.05, 0) is 11.8 Å². The van der Waals surface area contributed by atoms with Gasteiger partial charge in [-0.1, -0.05) is 26.0 Å². The summed E-state index contributed by atoms with van der Waals surface area (Å²) >= 11 is 1.16. The summed E-state index contributed by atoms with van der Waals surface area (Å²) in [5, 5.41) is 21.5. The number of rotatable bonds is 22. The molecule has 0 aromatic carbocycles. The molecule has 1 aliphatic heterocycles. The number of aliphatic carboxylic acids is 1. The lowest BCUT2D eigenvalue weighted by atomic mass is 9.93. The van der Waals surface area contributed by atoms with E-state index in [0.29, 0.717) is 71.7 Å². The van der Waals surface area contributed by atoms with Gasteiger partial charge in [-0.2, -0.15) is 0 Å². The van der Waals surface area contributed by atoms with Crippen molar-refractivity contribution in [2.24, 2.45) is 5.41 Å². The Morgan fingerprint density at radius 3 is 2.10 bits per heavy atom. The molecule has 14 nitrogen and oxygen atoms in total. The predicted molar refractivity (Wildman–Crippen MR) is 150 cm³/mol. The molecule has 234 valence electrons. The van der Waals surface area contributed by atoms with Gasteiger partial charge in [-0.3, -0.25) is 9.59 Å². The highest BCUT2D eigenvalue weighted by Crippen LogP contribution is 2.21. The number of hydrogen-bond acceptors (Lipinski definition) is 11. The molecule has 3 N–H and O–H groups in total. The van der Waals surface area contributed by atoms with Crippen molar-refractivity contribution in [3.63, 3.8) is 0 Å². The van der Waals surface area contributed by atoms with Crippen molar-refractivity contribution in [2.75, 3.05) is 71.8 Å². The summed E-state index contributed by atoms with van der Waals surface area (Å²) in [6.45, 7) is 12.5. The Labute approximate surface area is 245 Å². The van der Waals surface area contributed by atoms with E-state index in [0.717, 1.165) is 24.8 Å². The molecule has 2 rings (SSSR count). The molecule has 1 saturated heterocycles. The average molecular weight is 604 g/mol. The van der Waals surface area contributed by atoms with Crippen LogP contribution >= 0.6 is 11.8 Å². The van der Waals surface area contributed by atoms with Gasteiger partial charge in [0.15, 0.2) is 0 Å². The summed E-state index contributed by atoms with van der Waals surface area (Å²) in [6.07, 6.45) is 2.70. The standard InChI is InChI=1S/C26H45N5O9S/c1-26(2,3)4-6-36-8-10-38-12-14-40-15-13-39-11-9-37-7-5-31-18-20(29-30-31)17-27-23(32)16-22-24(33)28-21(19-41-22)25(34)35/h18,21-22H,4-17,19H2,1-3H3,(H,27,32)(H,28,33)(H,34,35). The number of nitrogens with zero attached hydrogens (tertiary/aromatic N) is 3. The lowest BCUT2D eigenvalue weighted by molar-refractivity contribution is -0.141. The summed E-state index contributed by atoms with van der Waals surface area (Å²) in [5.74, 6) is -1.63. The first-order valence-electron chi connectivity index (χ1n) is 13.8. The zero-order chi connectivity index (χ0) is 29.9. The second-order valence-corrected chi connectivity index (χ2v) is 11.8. The van der Waals surface area contributed by atoms with Gasteiger partial charge in [-0.15, -0.1) is 16.9 Å². The third-order valence-electron chi connectivity index (χ3n) is 5.74. The topological polar surface area (TPSA) is 172 Å². The molecule has 0 aliphatic carbocycles. The van der Waals surface area contributed by atoms with Gasteiger partial charge in [-0.25, -0.2) is 9.48 Å². The summed E-state index contributed by atoms with van der Waals surface area (Å²) < 4.78 is 29.1. The molecule has 2 amide bonds. The fraction of sp³-hybridized carbons (Fsp3) is 0.808. The molecule has 0 bridgehead atoms. The van der Waals surface area contributed by atoms with Crippen molar-refractivity contribution in [3.8, 4) is 0 Å². The van der Waals surface area contributed by atoms with Gasteiger partial charge in [0.2, 0.25) is 11.8 Å². The number of carbonyl (C=O) groups excluding carboxylic acids is 2.